The molecule has 1 unspecified atom stereocenters. The number of nitrogens with one attached hydrogen (secondary N) is 1. The lowest BCUT2D eigenvalue weighted by Gasteiger charge is -2.34. The Morgan fingerprint density at radius 1 is 0.655 bits per heavy atom. The Morgan fingerprint density at radius 2 is 1.18 bits per heavy atom. The number of hydrogen-bond acceptors (Lipinski definition) is 11. The van der Waals surface area contributed by atoms with Gasteiger partial charge < -0.3 is 20.1 Å². The van der Waals surface area contributed by atoms with Crippen molar-refractivity contribution in [1.82, 2.24) is 35.2 Å². The molecule has 1 aliphatic rings. The molecule has 4 aromatic rings. The van der Waals surface area contributed by atoms with E-state index in [4.69, 9.17) is 45.1 Å². The predicted octanol–water partition coefficient (Wildman–Crippen LogP) is 9.16. The number of aromatic nitrogens is 6. The van der Waals surface area contributed by atoms with Gasteiger partial charge in [-0.15, -0.1) is 0 Å². The molecular weight excluding hydrogens is 687 g/mol. The number of nitrogens with two attached hydrogens (primary N) is 1. The molecule has 1 aliphatic heterocycles. The molecule has 3 N–H and O–H groups in total. The lowest BCUT2D eigenvalue weighted by atomic mass is 10.0. The van der Waals surface area contributed by atoms with Crippen LogP contribution < -0.4 is 25.4 Å². The van der Waals surface area contributed by atoms with E-state index in [1.807, 2.05) is 6.92 Å². The molecule has 0 amide bonds. The van der Waals surface area contributed by atoms with E-state index in [0.29, 0.717) is 47.8 Å². The van der Waals surface area contributed by atoms with Gasteiger partial charge in [0.25, 0.3) is 0 Å². The number of anilines is 1. The fraction of sp³-hybridized carbons (Fsp3) is 0.591. The summed E-state index contributed by atoms with van der Waals surface area (Å²) in [5, 5.41) is 3.54. The number of aryl methyl sites for hydroxylation is 3. The van der Waals surface area contributed by atoms with E-state index in [0.717, 1.165) is 102 Å². The molecule has 1 saturated heterocycles. The van der Waals surface area contributed by atoms with Crippen molar-refractivity contribution in [3.63, 3.8) is 0 Å². The second-order valence-electron chi connectivity index (χ2n) is 15.3. The van der Waals surface area contributed by atoms with Gasteiger partial charge in [-0.1, -0.05) is 69.2 Å². The minimum absolute atomic E-state index is 0.0114. The maximum atomic E-state index is 7.10. The van der Waals surface area contributed by atoms with Crippen molar-refractivity contribution in [3.8, 4) is 34.3 Å². The van der Waals surface area contributed by atoms with Crippen LogP contribution >= 0.6 is 0 Å². The van der Waals surface area contributed by atoms with Crippen LogP contribution in [0.1, 0.15) is 159 Å². The van der Waals surface area contributed by atoms with Gasteiger partial charge in [-0.05, 0) is 88.0 Å². The fourth-order valence-electron chi connectivity index (χ4n) is 6.80. The van der Waals surface area contributed by atoms with E-state index in [1.165, 1.54) is 0 Å². The smallest absolute Gasteiger partial charge is 0.239 e. The highest BCUT2D eigenvalue weighted by molar-refractivity contribution is 5.76. The van der Waals surface area contributed by atoms with E-state index < -0.39 is 6.17 Å². The maximum absolute atomic E-state index is 7.10. The monoisotopic (exact) mass is 752 g/mol. The van der Waals surface area contributed by atoms with Crippen molar-refractivity contribution in [1.29, 1.82) is 0 Å². The van der Waals surface area contributed by atoms with Crippen molar-refractivity contribution in [3.05, 3.63) is 64.1 Å². The summed E-state index contributed by atoms with van der Waals surface area (Å²) in [6.45, 7) is 25.7. The summed E-state index contributed by atoms with van der Waals surface area (Å²) < 4.78 is 13.1. The van der Waals surface area contributed by atoms with E-state index in [-0.39, 0.29) is 18.8 Å². The lowest BCUT2D eigenvalue weighted by Crippen LogP contribution is -2.38. The van der Waals surface area contributed by atoms with Gasteiger partial charge in [0.15, 0.2) is 0 Å². The summed E-state index contributed by atoms with van der Waals surface area (Å²) in [5.74, 6) is 2.57. The zero-order valence-electron chi connectivity index (χ0n) is 35.3. The van der Waals surface area contributed by atoms with E-state index >= 15 is 0 Å². The average molecular weight is 752 g/mol. The molecule has 55 heavy (non-hydrogen) atoms. The van der Waals surface area contributed by atoms with Gasteiger partial charge in [0.05, 0.1) is 35.0 Å². The van der Waals surface area contributed by atoms with Gasteiger partial charge in [-0.2, -0.15) is 0 Å². The maximum Gasteiger partial charge on any atom is 0.239 e. The first kappa shape index (κ1) is 41.9. The van der Waals surface area contributed by atoms with Crippen molar-refractivity contribution in [2.45, 2.75) is 158 Å². The summed E-state index contributed by atoms with van der Waals surface area (Å²) in [6, 6.07) is 8.48. The minimum atomic E-state index is -0.734. The van der Waals surface area contributed by atoms with Gasteiger partial charge in [-0.25, -0.2) is 24.9 Å². The first-order chi connectivity index (χ1) is 26.5. The molecule has 0 saturated carbocycles. The quantitative estimate of drug-likeness (QED) is 0.0888. The molecule has 5 heterocycles. The molecule has 11 heteroatoms. The predicted molar refractivity (Wildman–Crippen MR) is 223 cm³/mol. The fourth-order valence-corrected chi connectivity index (χ4v) is 6.80. The third-order valence-electron chi connectivity index (χ3n) is 10.6. The zero-order valence-corrected chi connectivity index (χ0v) is 35.3. The molecule has 4 aromatic heterocycles. The molecular formula is C44H65N9O2. The summed E-state index contributed by atoms with van der Waals surface area (Å²) in [6.07, 6.45) is 5.19. The second-order valence-corrected chi connectivity index (χ2v) is 15.3. The lowest BCUT2D eigenvalue weighted by molar-refractivity contribution is 0.178. The number of ether oxygens (including phenoxy) is 2. The molecule has 0 aromatic carbocycles. The Kier molecular flexibility index (Phi) is 14.6. The number of hydrogen-bond donors (Lipinski definition) is 2. The van der Waals surface area contributed by atoms with Crippen LogP contribution in [0.15, 0.2) is 24.3 Å². The SMILES string of the molecule is CCc1nc(OC(CC)CC)c(CNC(N)c2nc(-c3ccc(C(C)C)nc3N3CCC3)c(CC)nc2OC(CC)CC)nc1-c1ccc(C(C)C)nc1C. The molecule has 298 valence electrons. The first-order valence-electron chi connectivity index (χ1n) is 20.8. The summed E-state index contributed by atoms with van der Waals surface area (Å²) in [4.78, 5) is 33.3. The molecule has 0 spiro atoms. The van der Waals surface area contributed by atoms with Gasteiger partial charge in [0.1, 0.15) is 23.4 Å². The van der Waals surface area contributed by atoms with Crippen molar-refractivity contribution < 1.29 is 9.47 Å². The van der Waals surface area contributed by atoms with Crippen LogP contribution in [-0.2, 0) is 19.4 Å². The Hall–Kier alpha value is -4.22. The van der Waals surface area contributed by atoms with Crippen molar-refractivity contribution in [2.75, 3.05) is 18.0 Å². The topological polar surface area (TPSA) is 137 Å². The summed E-state index contributed by atoms with van der Waals surface area (Å²) >= 11 is 0. The number of nitrogens with zero attached hydrogens (tertiary/aromatic N) is 7. The van der Waals surface area contributed by atoms with Gasteiger partial charge in [-0.3, -0.25) is 10.3 Å². The molecule has 5 rings (SSSR count). The second kappa shape index (κ2) is 19.1. The molecule has 0 aliphatic carbocycles. The highest BCUT2D eigenvalue weighted by Crippen LogP contribution is 2.37. The summed E-state index contributed by atoms with van der Waals surface area (Å²) in [5.41, 5.74) is 16.6. The van der Waals surface area contributed by atoms with Crippen LogP contribution in [0.25, 0.3) is 22.5 Å². The third-order valence-corrected chi connectivity index (χ3v) is 10.6. The largest absolute Gasteiger partial charge is 0.473 e. The highest BCUT2D eigenvalue weighted by atomic mass is 16.5. The Bertz CT molecular complexity index is 1880. The first-order valence-corrected chi connectivity index (χ1v) is 20.8. The standard InChI is InChI=1S/C44H65N9O2/c1-12-29(13-2)54-43-37(48-38(33(16-5)50-43)31-19-21-35(26(7)8)47-28(31)11)25-46-41(45)40-44(55-30(14-3)15-4)51-34(17-6)39(52-40)32-20-22-36(27(9)10)49-42(32)53-23-18-24-53/h19-22,26-27,29-30,41,46H,12-18,23-25,45H2,1-11H3. The van der Waals surface area contributed by atoms with Crippen molar-refractivity contribution in [2.24, 2.45) is 5.73 Å². The van der Waals surface area contributed by atoms with Gasteiger partial charge in [0, 0.05) is 47.8 Å². The van der Waals surface area contributed by atoms with Crippen LogP contribution in [0.5, 0.6) is 11.8 Å². The molecule has 11 nitrogen and oxygen atoms in total. The zero-order chi connectivity index (χ0) is 39.8. The van der Waals surface area contributed by atoms with E-state index in [2.05, 4.69) is 104 Å². The van der Waals surface area contributed by atoms with E-state index in [9.17, 15) is 0 Å². The van der Waals surface area contributed by atoms with Crippen LogP contribution in [-0.4, -0.2) is 55.2 Å². The highest BCUT2D eigenvalue weighted by Gasteiger charge is 2.28. The molecule has 1 fully saturated rings. The minimum Gasteiger partial charge on any atom is -0.473 e. The Labute approximate surface area is 329 Å². The Morgan fingerprint density at radius 3 is 1.69 bits per heavy atom. The normalized spacial score (nSPS) is 13.6. The van der Waals surface area contributed by atoms with Crippen LogP contribution in [0.2, 0.25) is 0 Å². The van der Waals surface area contributed by atoms with Gasteiger partial charge in [0.2, 0.25) is 11.8 Å². The molecule has 0 radical (unpaired) electrons. The van der Waals surface area contributed by atoms with Crippen LogP contribution in [0.3, 0.4) is 0 Å². The third kappa shape index (κ3) is 9.60. The van der Waals surface area contributed by atoms with Crippen LogP contribution in [0.4, 0.5) is 5.82 Å². The average Bonchev–Trinajstić information content (AvgIpc) is 3.17. The van der Waals surface area contributed by atoms with Gasteiger partial charge >= 0.3 is 0 Å². The number of rotatable bonds is 19. The van der Waals surface area contributed by atoms with E-state index in [1.54, 1.807) is 0 Å². The van der Waals surface area contributed by atoms with Crippen molar-refractivity contribution >= 4 is 5.82 Å². The summed E-state index contributed by atoms with van der Waals surface area (Å²) in [7, 11) is 0. The molecule has 0 bridgehead atoms. The van der Waals surface area contributed by atoms with Crippen LogP contribution in [0, 0.1) is 6.92 Å². The Balaban J connectivity index is 1.60. The molecule has 1 atom stereocenters. The number of pyridine rings is 2.